The maximum atomic E-state index is 12.0. The Kier molecular flexibility index (Phi) is 5.14. The number of fused-ring (bicyclic) bond motifs is 1. The monoisotopic (exact) mass is 355 g/mol. The lowest BCUT2D eigenvalue weighted by atomic mass is 10.1. The number of Topliss-reactive ketones (excluding diaryl/α,β-unsaturated/α-hetero) is 1. The van der Waals surface area contributed by atoms with Gasteiger partial charge in [0.05, 0.1) is 12.2 Å². The Morgan fingerprint density at radius 3 is 2.68 bits per heavy atom. The number of amides is 1. The van der Waals surface area contributed by atoms with Gasteiger partial charge in [0.25, 0.3) is 0 Å². The van der Waals surface area contributed by atoms with Crippen LogP contribution < -0.4 is 5.32 Å². The number of benzene rings is 1. The van der Waals surface area contributed by atoms with Gasteiger partial charge in [-0.1, -0.05) is 11.6 Å². The van der Waals surface area contributed by atoms with E-state index < -0.39 is 0 Å². The number of carbonyl (C=O) groups excluding carboxylic acids is 2. The predicted octanol–water partition coefficient (Wildman–Crippen LogP) is 3.58. The summed E-state index contributed by atoms with van der Waals surface area (Å²) in [4.78, 5) is 28.5. The van der Waals surface area contributed by atoms with Crippen LogP contribution >= 0.6 is 11.6 Å². The fraction of sp³-hybridized carbons (Fsp3) is 0.211. The van der Waals surface area contributed by atoms with Gasteiger partial charge in [0, 0.05) is 35.8 Å². The summed E-state index contributed by atoms with van der Waals surface area (Å²) in [6.45, 7) is 2.35. The number of aryl methyl sites for hydroxylation is 1. The Bertz CT molecular complexity index is 916. The Morgan fingerprint density at radius 1 is 1.16 bits per heavy atom. The van der Waals surface area contributed by atoms with Gasteiger partial charge in [0.1, 0.15) is 5.65 Å². The molecule has 0 unspecified atom stereocenters. The van der Waals surface area contributed by atoms with Crippen molar-refractivity contribution in [1.29, 1.82) is 0 Å². The summed E-state index contributed by atoms with van der Waals surface area (Å²) >= 11 is 5.80. The molecule has 0 fully saturated rings. The zero-order valence-corrected chi connectivity index (χ0v) is 14.6. The van der Waals surface area contributed by atoms with E-state index in [0.29, 0.717) is 17.1 Å². The van der Waals surface area contributed by atoms with Crippen molar-refractivity contribution in [2.75, 3.05) is 0 Å². The third-order valence-electron chi connectivity index (χ3n) is 3.88. The average Bonchev–Trinajstić information content (AvgIpc) is 3.00. The molecule has 0 aliphatic rings. The van der Waals surface area contributed by atoms with Crippen LogP contribution in [0.3, 0.4) is 0 Å². The maximum absolute atomic E-state index is 12.0. The Balaban J connectivity index is 1.50. The van der Waals surface area contributed by atoms with Gasteiger partial charge in [-0.25, -0.2) is 4.98 Å². The van der Waals surface area contributed by atoms with Crippen LogP contribution in [0, 0.1) is 6.92 Å². The van der Waals surface area contributed by atoms with Gasteiger partial charge < -0.3 is 9.72 Å². The number of pyridine rings is 1. The summed E-state index contributed by atoms with van der Waals surface area (Å²) in [5.41, 5.74) is 3.33. The molecule has 0 saturated carbocycles. The lowest BCUT2D eigenvalue weighted by molar-refractivity contribution is -0.121. The number of halogens is 1. The number of ketones is 1. The van der Waals surface area contributed by atoms with E-state index in [1.165, 1.54) is 0 Å². The summed E-state index contributed by atoms with van der Waals surface area (Å²) in [6.07, 6.45) is 4.13. The number of hydrogen-bond donors (Lipinski definition) is 1. The van der Waals surface area contributed by atoms with E-state index in [4.69, 9.17) is 11.6 Å². The van der Waals surface area contributed by atoms with Gasteiger partial charge in [0.15, 0.2) is 5.78 Å². The summed E-state index contributed by atoms with van der Waals surface area (Å²) in [5.74, 6) is -0.245. The van der Waals surface area contributed by atoms with Crippen LogP contribution in [0.2, 0.25) is 5.02 Å². The molecule has 1 aromatic carbocycles. The molecular formula is C19H18ClN3O2. The molecule has 3 aromatic rings. The minimum Gasteiger partial charge on any atom is -0.350 e. The summed E-state index contributed by atoms with van der Waals surface area (Å²) in [5, 5.41) is 3.38. The van der Waals surface area contributed by atoms with Crippen LogP contribution in [0.25, 0.3) is 5.65 Å². The van der Waals surface area contributed by atoms with Crippen LogP contribution in [0.15, 0.2) is 48.8 Å². The Labute approximate surface area is 150 Å². The second-order valence-electron chi connectivity index (χ2n) is 5.91. The van der Waals surface area contributed by atoms with E-state index >= 15 is 0 Å². The number of nitrogens with zero attached hydrogens (tertiary/aromatic N) is 2. The highest BCUT2D eigenvalue weighted by molar-refractivity contribution is 6.30. The summed E-state index contributed by atoms with van der Waals surface area (Å²) in [7, 11) is 0. The number of carbonyl (C=O) groups is 2. The normalized spacial score (nSPS) is 10.8. The molecule has 2 heterocycles. The van der Waals surface area contributed by atoms with Crippen molar-refractivity contribution in [3.8, 4) is 0 Å². The molecule has 1 amide bonds. The maximum Gasteiger partial charge on any atom is 0.220 e. The van der Waals surface area contributed by atoms with Gasteiger partial charge in [-0.15, -0.1) is 0 Å². The van der Waals surface area contributed by atoms with Crippen molar-refractivity contribution in [2.45, 2.75) is 26.3 Å². The van der Waals surface area contributed by atoms with Crippen molar-refractivity contribution < 1.29 is 9.59 Å². The molecule has 3 rings (SSSR count). The first-order valence-corrected chi connectivity index (χ1v) is 8.39. The quantitative estimate of drug-likeness (QED) is 0.687. The highest BCUT2D eigenvalue weighted by atomic mass is 35.5. The molecule has 0 spiro atoms. The van der Waals surface area contributed by atoms with Gasteiger partial charge in [-0.2, -0.15) is 0 Å². The number of aromatic nitrogens is 2. The van der Waals surface area contributed by atoms with E-state index in [9.17, 15) is 9.59 Å². The standard InChI is InChI=1S/C19H18ClN3O2/c1-13-8-9-23-12-16(22-18(23)10-13)11-21-19(25)7-6-17(24)14-2-4-15(20)5-3-14/h2-5,8-10,12H,6-7,11H2,1H3,(H,21,25). The third-order valence-corrected chi connectivity index (χ3v) is 4.13. The molecule has 0 aliphatic heterocycles. The van der Waals surface area contributed by atoms with Gasteiger partial charge in [-0.05, 0) is 48.9 Å². The van der Waals surface area contributed by atoms with Crippen molar-refractivity contribution >= 4 is 28.9 Å². The third kappa shape index (κ3) is 4.45. The highest BCUT2D eigenvalue weighted by Gasteiger charge is 2.10. The molecule has 0 aliphatic carbocycles. The summed E-state index contributed by atoms with van der Waals surface area (Å²) < 4.78 is 1.92. The van der Waals surface area contributed by atoms with E-state index in [1.54, 1.807) is 24.3 Å². The van der Waals surface area contributed by atoms with Crippen molar-refractivity contribution in [2.24, 2.45) is 0 Å². The van der Waals surface area contributed by atoms with Gasteiger partial charge in [-0.3, -0.25) is 9.59 Å². The molecule has 0 saturated heterocycles. The fourth-order valence-corrected chi connectivity index (χ4v) is 2.63. The first-order valence-electron chi connectivity index (χ1n) is 8.01. The molecule has 0 radical (unpaired) electrons. The topological polar surface area (TPSA) is 63.5 Å². The van der Waals surface area contributed by atoms with Gasteiger partial charge >= 0.3 is 0 Å². The van der Waals surface area contributed by atoms with Crippen molar-refractivity contribution in [1.82, 2.24) is 14.7 Å². The fourth-order valence-electron chi connectivity index (χ4n) is 2.51. The average molecular weight is 356 g/mol. The number of rotatable bonds is 6. The molecular weight excluding hydrogens is 338 g/mol. The molecule has 6 heteroatoms. The second-order valence-corrected chi connectivity index (χ2v) is 6.35. The molecule has 0 bridgehead atoms. The molecule has 1 N–H and O–H groups in total. The van der Waals surface area contributed by atoms with E-state index in [-0.39, 0.29) is 24.5 Å². The molecule has 25 heavy (non-hydrogen) atoms. The SMILES string of the molecule is Cc1ccn2cc(CNC(=O)CCC(=O)c3ccc(Cl)cc3)nc2c1. The number of hydrogen-bond acceptors (Lipinski definition) is 3. The first kappa shape index (κ1) is 17.2. The molecule has 2 aromatic heterocycles. The minimum atomic E-state index is -0.171. The summed E-state index contributed by atoms with van der Waals surface area (Å²) in [6, 6.07) is 10.7. The lowest BCUT2D eigenvalue weighted by Gasteiger charge is -2.03. The Morgan fingerprint density at radius 2 is 1.92 bits per heavy atom. The zero-order valence-electron chi connectivity index (χ0n) is 13.8. The smallest absolute Gasteiger partial charge is 0.220 e. The van der Waals surface area contributed by atoms with E-state index in [0.717, 1.165) is 16.9 Å². The first-order chi connectivity index (χ1) is 12.0. The predicted molar refractivity (Wildman–Crippen MR) is 96.8 cm³/mol. The van der Waals surface area contributed by atoms with E-state index in [1.807, 2.05) is 35.9 Å². The highest BCUT2D eigenvalue weighted by Crippen LogP contribution is 2.12. The number of nitrogens with one attached hydrogen (secondary N) is 1. The molecule has 128 valence electrons. The van der Waals surface area contributed by atoms with Crippen LogP contribution in [0.5, 0.6) is 0 Å². The number of imidazole rings is 1. The van der Waals surface area contributed by atoms with Crippen LogP contribution in [0.4, 0.5) is 0 Å². The van der Waals surface area contributed by atoms with Crippen LogP contribution in [-0.4, -0.2) is 21.1 Å². The Hall–Kier alpha value is -2.66. The van der Waals surface area contributed by atoms with Crippen LogP contribution in [-0.2, 0) is 11.3 Å². The second kappa shape index (κ2) is 7.49. The van der Waals surface area contributed by atoms with Crippen molar-refractivity contribution in [3.05, 3.63) is 70.6 Å². The molecule has 0 atom stereocenters. The molecule has 5 nitrogen and oxygen atoms in total. The van der Waals surface area contributed by atoms with Crippen LogP contribution in [0.1, 0.15) is 34.5 Å². The zero-order chi connectivity index (χ0) is 17.8. The minimum absolute atomic E-state index is 0.0741. The van der Waals surface area contributed by atoms with Crippen molar-refractivity contribution in [3.63, 3.8) is 0 Å². The van der Waals surface area contributed by atoms with E-state index in [2.05, 4.69) is 10.3 Å². The van der Waals surface area contributed by atoms with Gasteiger partial charge in [0.2, 0.25) is 5.91 Å². The largest absolute Gasteiger partial charge is 0.350 e. The lowest BCUT2D eigenvalue weighted by Crippen LogP contribution is -2.23.